The Morgan fingerprint density at radius 2 is 1.90 bits per heavy atom. The summed E-state index contributed by atoms with van der Waals surface area (Å²) in [5.41, 5.74) is 0.832. The zero-order valence-corrected chi connectivity index (χ0v) is 13.7. The van der Waals surface area contributed by atoms with Crippen molar-refractivity contribution in [2.45, 2.75) is 38.1 Å². The molecule has 3 fully saturated rings. The first-order valence-corrected chi connectivity index (χ1v) is 8.87. The van der Waals surface area contributed by atoms with Crippen LogP contribution in [0.15, 0.2) is 24.3 Å². The van der Waals surface area contributed by atoms with Crippen molar-refractivity contribution in [1.82, 2.24) is 5.32 Å². The maximum absolute atomic E-state index is 12.5. The van der Waals surface area contributed by atoms with E-state index in [9.17, 15) is 4.79 Å². The molecule has 2 nitrogen and oxygen atoms in total. The third-order valence-corrected chi connectivity index (χ3v) is 6.80. The van der Waals surface area contributed by atoms with Gasteiger partial charge in [-0.25, -0.2) is 0 Å². The average Bonchev–Trinajstić information content (AvgIpc) is 3.10. The minimum absolute atomic E-state index is 0.127. The summed E-state index contributed by atoms with van der Waals surface area (Å²) in [5.74, 6) is 3.69. The van der Waals surface area contributed by atoms with Crippen LogP contribution in [0.25, 0.3) is 0 Å². The summed E-state index contributed by atoms with van der Waals surface area (Å²) < 4.78 is 1.05. The van der Waals surface area contributed by atoms with E-state index in [0.717, 1.165) is 32.8 Å². The molecule has 20 heavy (non-hydrogen) atoms. The minimum atomic E-state index is 0.127. The Kier molecular flexibility index (Phi) is 3.28. The summed E-state index contributed by atoms with van der Waals surface area (Å²) in [6, 6.07) is 8.30. The van der Waals surface area contributed by atoms with Crippen LogP contribution in [-0.4, -0.2) is 11.9 Å². The van der Waals surface area contributed by atoms with Crippen LogP contribution in [0.2, 0.25) is 0 Å². The van der Waals surface area contributed by atoms with Crippen molar-refractivity contribution in [3.8, 4) is 0 Å². The van der Waals surface area contributed by atoms with Gasteiger partial charge in [0.2, 0.25) is 0 Å². The number of hydrogen-bond acceptors (Lipinski definition) is 1. The standard InChI is InChI=1S/C17H20INO/c18-15-7-2-1-4-13(15)17(20)19-16-9-10-8-14(16)12-6-3-5-11(10)12/h1-2,4,7,10-12,14,16H,3,5-6,8-9H2,(H,19,20). The Morgan fingerprint density at radius 1 is 1.10 bits per heavy atom. The largest absolute Gasteiger partial charge is 0.349 e. The molecule has 3 aliphatic rings. The lowest BCUT2D eigenvalue weighted by molar-refractivity contribution is 0.0900. The van der Waals surface area contributed by atoms with Crippen LogP contribution < -0.4 is 5.32 Å². The predicted molar refractivity (Wildman–Crippen MR) is 87.5 cm³/mol. The molecule has 1 amide bonds. The molecular formula is C17H20INO. The zero-order chi connectivity index (χ0) is 13.7. The Bertz CT molecular complexity index is 544. The van der Waals surface area contributed by atoms with Crippen LogP contribution >= 0.6 is 22.6 Å². The number of halogens is 1. The molecule has 1 aromatic carbocycles. The third kappa shape index (κ3) is 2.00. The fraction of sp³-hybridized carbons (Fsp3) is 0.588. The fourth-order valence-corrected chi connectivity index (χ4v) is 5.76. The van der Waals surface area contributed by atoms with Crippen molar-refractivity contribution < 1.29 is 4.79 Å². The number of benzene rings is 1. The molecular weight excluding hydrogens is 361 g/mol. The van der Waals surface area contributed by atoms with Gasteiger partial charge in [-0.05, 0) is 84.1 Å². The van der Waals surface area contributed by atoms with Crippen LogP contribution in [0.3, 0.4) is 0 Å². The van der Waals surface area contributed by atoms with Gasteiger partial charge in [-0.1, -0.05) is 18.6 Å². The monoisotopic (exact) mass is 381 g/mol. The van der Waals surface area contributed by atoms with Gasteiger partial charge < -0.3 is 5.32 Å². The fourth-order valence-electron chi connectivity index (χ4n) is 5.13. The highest BCUT2D eigenvalue weighted by Gasteiger charge is 2.54. The van der Waals surface area contributed by atoms with Gasteiger partial charge in [-0.2, -0.15) is 0 Å². The van der Waals surface area contributed by atoms with Gasteiger partial charge in [-0.15, -0.1) is 0 Å². The van der Waals surface area contributed by atoms with E-state index in [1.165, 1.54) is 32.1 Å². The minimum Gasteiger partial charge on any atom is -0.349 e. The normalized spacial score (nSPS) is 38.0. The SMILES string of the molecule is O=C(NC1CC2CC1C1CCCC21)c1ccccc1I. The summed E-state index contributed by atoms with van der Waals surface area (Å²) in [5, 5.41) is 3.34. The summed E-state index contributed by atoms with van der Waals surface area (Å²) >= 11 is 2.25. The molecule has 106 valence electrons. The molecule has 0 radical (unpaired) electrons. The smallest absolute Gasteiger partial charge is 0.252 e. The number of nitrogens with one attached hydrogen (secondary N) is 1. The first kappa shape index (κ1) is 13.1. The highest BCUT2D eigenvalue weighted by Crippen LogP contribution is 2.58. The first-order valence-electron chi connectivity index (χ1n) is 7.79. The topological polar surface area (TPSA) is 29.1 Å². The molecule has 5 atom stereocenters. The molecule has 3 saturated carbocycles. The lowest BCUT2D eigenvalue weighted by Crippen LogP contribution is -2.42. The zero-order valence-electron chi connectivity index (χ0n) is 11.5. The Labute approximate surface area is 133 Å². The van der Waals surface area contributed by atoms with E-state index in [-0.39, 0.29) is 5.91 Å². The quantitative estimate of drug-likeness (QED) is 0.775. The second-order valence-corrected chi connectivity index (χ2v) is 7.88. The highest BCUT2D eigenvalue weighted by atomic mass is 127. The van der Waals surface area contributed by atoms with Crippen molar-refractivity contribution in [3.05, 3.63) is 33.4 Å². The van der Waals surface area contributed by atoms with Crippen molar-refractivity contribution in [2.24, 2.45) is 23.7 Å². The van der Waals surface area contributed by atoms with E-state index in [1.54, 1.807) is 0 Å². The van der Waals surface area contributed by atoms with E-state index in [1.807, 2.05) is 24.3 Å². The van der Waals surface area contributed by atoms with Gasteiger partial charge in [-0.3, -0.25) is 4.79 Å². The second-order valence-electron chi connectivity index (χ2n) is 6.71. The van der Waals surface area contributed by atoms with Gasteiger partial charge in [0, 0.05) is 9.61 Å². The molecule has 0 saturated heterocycles. The van der Waals surface area contributed by atoms with E-state index in [4.69, 9.17) is 0 Å². The van der Waals surface area contributed by atoms with Crippen molar-refractivity contribution in [1.29, 1.82) is 0 Å². The van der Waals surface area contributed by atoms with Gasteiger partial charge in [0.15, 0.2) is 0 Å². The molecule has 0 spiro atoms. The average molecular weight is 381 g/mol. The molecule has 5 unspecified atom stereocenters. The highest BCUT2D eigenvalue weighted by molar-refractivity contribution is 14.1. The predicted octanol–water partition coefficient (Wildman–Crippen LogP) is 3.85. The van der Waals surface area contributed by atoms with Crippen molar-refractivity contribution in [3.63, 3.8) is 0 Å². The lowest BCUT2D eigenvalue weighted by atomic mass is 9.79. The molecule has 3 heteroatoms. The van der Waals surface area contributed by atoms with Gasteiger partial charge >= 0.3 is 0 Å². The molecule has 0 aliphatic heterocycles. The molecule has 0 heterocycles. The maximum Gasteiger partial charge on any atom is 0.252 e. The molecule has 4 rings (SSSR count). The van der Waals surface area contributed by atoms with Crippen molar-refractivity contribution >= 4 is 28.5 Å². The number of rotatable bonds is 2. The molecule has 2 bridgehead atoms. The van der Waals surface area contributed by atoms with Crippen LogP contribution in [0, 0.1) is 27.2 Å². The van der Waals surface area contributed by atoms with Gasteiger partial charge in [0.25, 0.3) is 5.91 Å². The molecule has 0 aromatic heterocycles. The summed E-state index contributed by atoms with van der Waals surface area (Å²) in [6.07, 6.45) is 6.86. The van der Waals surface area contributed by atoms with E-state index >= 15 is 0 Å². The number of carbonyl (C=O) groups excluding carboxylic acids is 1. The van der Waals surface area contributed by atoms with Crippen LogP contribution in [-0.2, 0) is 0 Å². The second kappa shape index (κ2) is 5.00. The molecule has 3 aliphatic carbocycles. The number of fused-ring (bicyclic) bond motifs is 5. The van der Waals surface area contributed by atoms with Gasteiger partial charge in [0.1, 0.15) is 0 Å². The van der Waals surface area contributed by atoms with Crippen molar-refractivity contribution in [2.75, 3.05) is 0 Å². The van der Waals surface area contributed by atoms with E-state index < -0.39 is 0 Å². The lowest BCUT2D eigenvalue weighted by Gasteiger charge is -2.32. The van der Waals surface area contributed by atoms with E-state index in [0.29, 0.717) is 6.04 Å². The first-order chi connectivity index (χ1) is 9.74. The number of carbonyl (C=O) groups is 1. The van der Waals surface area contributed by atoms with Crippen LogP contribution in [0.4, 0.5) is 0 Å². The third-order valence-electron chi connectivity index (χ3n) is 5.86. The maximum atomic E-state index is 12.5. The summed E-state index contributed by atoms with van der Waals surface area (Å²) in [7, 11) is 0. The van der Waals surface area contributed by atoms with Gasteiger partial charge in [0.05, 0.1) is 5.56 Å². The Hall–Kier alpha value is -0.580. The summed E-state index contributed by atoms with van der Waals surface area (Å²) in [6.45, 7) is 0. The Morgan fingerprint density at radius 3 is 2.75 bits per heavy atom. The van der Waals surface area contributed by atoms with Crippen LogP contribution in [0.1, 0.15) is 42.5 Å². The number of amides is 1. The molecule has 1 aromatic rings. The van der Waals surface area contributed by atoms with E-state index in [2.05, 4.69) is 27.9 Å². The van der Waals surface area contributed by atoms with Crippen LogP contribution in [0.5, 0.6) is 0 Å². The number of hydrogen-bond donors (Lipinski definition) is 1. The Balaban J connectivity index is 1.48. The molecule has 1 N–H and O–H groups in total. The summed E-state index contributed by atoms with van der Waals surface area (Å²) in [4.78, 5) is 12.5.